The fourth-order valence-corrected chi connectivity index (χ4v) is 2.58. The van der Waals surface area contributed by atoms with Gasteiger partial charge in [-0.2, -0.15) is 0 Å². The maximum Gasteiger partial charge on any atom is 0.0257 e. The Kier molecular flexibility index (Phi) is 7.88. The van der Waals surface area contributed by atoms with Crippen LogP contribution in [0.1, 0.15) is 46.5 Å². The molecule has 12 heavy (non-hydrogen) atoms. The molecule has 0 heterocycles. The molecule has 0 saturated heterocycles. The van der Waals surface area contributed by atoms with E-state index in [-0.39, 0.29) is 0 Å². The lowest BCUT2D eigenvalue weighted by molar-refractivity contribution is 0.653. The molecule has 0 N–H and O–H groups in total. The predicted molar refractivity (Wildman–Crippen MR) is 56.9 cm³/mol. The lowest BCUT2D eigenvalue weighted by Crippen LogP contribution is -2.07. The fraction of sp³-hybridized carbons (Fsp3) is 1.00. The zero-order valence-electron chi connectivity index (χ0n) is 8.64. The normalized spacial score (nSPS) is 13.7. The lowest BCUT2D eigenvalue weighted by atomic mass is 10.2. The number of unbranched alkanes of at least 4 members (excludes halogenated alkanes) is 3. The van der Waals surface area contributed by atoms with Crippen LogP contribution in [0.2, 0.25) is 0 Å². The summed E-state index contributed by atoms with van der Waals surface area (Å²) in [5.74, 6) is 2.38. The van der Waals surface area contributed by atoms with Crippen molar-refractivity contribution in [3.05, 3.63) is 0 Å². The molecule has 0 fully saturated rings. The zero-order valence-corrected chi connectivity index (χ0v) is 9.45. The molecule has 0 aliphatic heterocycles. The summed E-state index contributed by atoms with van der Waals surface area (Å²) in [6.07, 6.45) is 4.95. The van der Waals surface area contributed by atoms with Crippen LogP contribution >= 0.6 is 0 Å². The van der Waals surface area contributed by atoms with Gasteiger partial charge in [0.2, 0.25) is 0 Å². The number of rotatable bonds is 7. The molecule has 1 unspecified atom stereocenters. The van der Waals surface area contributed by atoms with Gasteiger partial charge in [-0.25, -0.2) is 0 Å². The largest absolute Gasteiger partial charge is 0.260 e. The summed E-state index contributed by atoms with van der Waals surface area (Å²) in [4.78, 5) is 0. The quantitative estimate of drug-likeness (QED) is 0.564. The van der Waals surface area contributed by atoms with E-state index in [2.05, 4.69) is 20.8 Å². The van der Waals surface area contributed by atoms with Gasteiger partial charge in [0.25, 0.3) is 0 Å². The highest BCUT2D eigenvalue weighted by Gasteiger charge is 2.01. The molecular formula is C10H22OS. The van der Waals surface area contributed by atoms with Gasteiger partial charge < -0.3 is 0 Å². The topological polar surface area (TPSA) is 17.1 Å². The minimum absolute atomic E-state index is 0.554. The first kappa shape index (κ1) is 12.2. The third-order valence-electron chi connectivity index (χ3n) is 1.74. The van der Waals surface area contributed by atoms with Crippen LogP contribution in [-0.4, -0.2) is 15.7 Å². The zero-order chi connectivity index (χ0) is 9.40. The van der Waals surface area contributed by atoms with Crippen molar-refractivity contribution in [3.8, 4) is 0 Å². The molecule has 0 amide bonds. The molecular weight excluding hydrogens is 168 g/mol. The van der Waals surface area contributed by atoms with E-state index in [1.807, 2.05) is 0 Å². The van der Waals surface area contributed by atoms with Crippen LogP contribution in [0.25, 0.3) is 0 Å². The van der Waals surface area contributed by atoms with Crippen LogP contribution in [0.15, 0.2) is 0 Å². The van der Waals surface area contributed by atoms with E-state index in [4.69, 9.17) is 0 Å². The summed E-state index contributed by atoms with van der Waals surface area (Å²) >= 11 is 0. The monoisotopic (exact) mass is 190 g/mol. The molecule has 0 radical (unpaired) electrons. The van der Waals surface area contributed by atoms with Crippen molar-refractivity contribution < 1.29 is 4.21 Å². The summed E-state index contributed by atoms with van der Waals surface area (Å²) < 4.78 is 11.3. The molecule has 0 rings (SSSR count). The minimum Gasteiger partial charge on any atom is -0.260 e. The van der Waals surface area contributed by atoms with E-state index in [0.29, 0.717) is 5.92 Å². The SMILES string of the molecule is CCCCCCS(=O)CC(C)C. The molecule has 0 bridgehead atoms. The van der Waals surface area contributed by atoms with Gasteiger partial charge in [0.15, 0.2) is 0 Å². The first-order chi connectivity index (χ1) is 5.66. The van der Waals surface area contributed by atoms with Crippen molar-refractivity contribution in [2.45, 2.75) is 46.5 Å². The highest BCUT2D eigenvalue weighted by molar-refractivity contribution is 7.84. The molecule has 1 atom stereocenters. The predicted octanol–water partition coefficient (Wildman–Crippen LogP) is 2.97. The summed E-state index contributed by atoms with van der Waals surface area (Å²) in [7, 11) is -0.554. The van der Waals surface area contributed by atoms with E-state index in [1.54, 1.807) is 0 Å². The van der Waals surface area contributed by atoms with Crippen LogP contribution in [0.3, 0.4) is 0 Å². The second-order valence-electron chi connectivity index (χ2n) is 3.77. The summed E-state index contributed by atoms with van der Waals surface area (Å²) in [6, 6.07) is 0. The molecule has 0 aliphatic rings. The highest BCUT2D eigenvalue weighted by atomic mass is 32.2. The van der Waals surface area contributed by atoms with Crippen LogP contribution in [0.4, 0.5) is 0 Å². The first-order valence-electron chi connectivity index (χ1n) is 5.01. The van der Waals surface area contributed by atoms with E-state index < -0.39 is 10.8 Å². The van der Waals surface area contributed by atoms with Crippen molar-refractivity contribution in [2.24, 2.45) is 5.92 Å². The van der Waals surface area contributed by atoms with Crippen LogP contribution in [-0.2, 0) is 10.8 Å². The van der Waals surface area contributed by atoms with E-state index in [0.717, 1.165) is 17.9 Å². The lowest BCUT2D eigenvalue weighted by Gasteiger charge is -2.04. The Morgan fingerprint density at radius 2 is 1.83 bits per heavy atom. The smallest absolute Gasteiger partial charge is 0.0257 e. The Bertz CT molecular complexity index is 121. The van der Waals surface area contributed by atoms with E-state index >= 15 is 0 Å². The van der Waals surface area contributed by atoms with Gasteiger partial charge in [-0.15, -0.1) is 0 Å². The third kappa shape index (κ3) is 8.25. The number of hydrogen-bond acceptors (Lipinski definition) is 1. The van der Waals surface area contributed by atoms with Crippen LogP contribution in [0.5, 0.6) is 0 Å². The number of hydrogen-bond donors (Lipinski definition) is 0. The standard InChI is InChI=1S/C10H22OS/c1-4-5-6-7-8-12(11)9-10(2)3/h10H,4-9H2,1-3H3. The molecule has 0 aromatic rings. The van der Waals surface area contributed by atoms with Gasteiger partial charge in [-0.05, 0) is 12.3 Å². The molecule has 0 aromatic carbocycles. The van der Waals surface area contributed by atoms with Gasteiger partial charge in [0, 0.05) is 22.3 Å². The van der Waals surface area contributed by atoms with Crippen molar-refractivity contribution in [3.63, 3.8) is 0 Å². The maximum absolute atomic E-state index is 11.3. The molecule has 0 spiro atoms. The highest BCUT2D eigenvalue weighted by Crippen LogP contribution is 2.02. The molecule has 0 aliphatic carbocycles. The average Bonchev–Trinajstić information content (AvgIpc) is 1.97. The minimum atomic E-state index is -0.554. The van der Waals surface area contributed by atoms with Crippen molar-refractivity contribution in [1.82, 2.24) is 0 Å². The van der Waals surface area contributed by atoms with Gasteiger partial charge in [-0.1, -0.05) is 40.0 Å². The summed E-state index contributed by atoms with van der Waals surface area (Å²) in [5, 5.41) is 0. The maximum atomic E-state index is 11.3. The molecule has 2 heteroatoms. The van der Waals surface area contributed by atoms with Gasteiger partial charge >= 0.3 is 0 Å². The van der Waals surface area contributed by atoms with Crippen molar-refractivity contribution >= 4 is 10.8 Å². The first-order valence-corrected chi connectivity index (χ1v) is 6.50. The van der Waals surface area contributed by atoms with E-state index in [9.17, 15) is 4.21 Å². The third-order valence-corrected chi connectivity index (χ3v) is 3.53. The van der Waals surface area contributed by atoms with Crippen LogP contribution in [0, 0.1) is 5.92 Å². The second kappa shape index (κ2) is 7.78. The van der Waals surface area contributed by atoms with Gasteiger partial charge in [-0.3, -0.25) is 4.21 Å². The Labute approximate surface area is 79.4 Å². The van der Waals surface area contributed by atoms with Crippen molar-refractivity contribution in [1.29, 1.82) is 0 Å². The Hall–Kier alpha value is 0.150. The second-order valence-corrected chi connectivity index (χ2v) is 5.39. The summed E-state index contributed by atoms with van der Waals surface area (Å²) in [5.41, 5.74) is 0. The van der Waals surface area contributed by atoms with E-state index in [1.165, 1.54) is 19.3 Å². The van der Waals surface area contributed by atoms with Crippen LogP contribution < -0.4 is 0 Å². The molecule has 0 saturated carbocycles. The molecule has 1 nitrogen and oxygen atoms in total. The Morgan fingerprint density at radius 3 is 2.33 bits per heavy atom. The Balaban J connectivity index is 3.20. The van der Waals surface area contributed by atoms with Gasteiger partial charge in [0.1, 0.15) is 0 Å². The fourth-order valence-electron chi connectivity index (χ4n) is 1.14. The molecule has 0 aromatic heterocycles. The Morgan fingerprint density at radius 1 is 1.17 bits per heavy atom. The average molecular weight is 190 g/mol. The molecule has 74 valence electrons. The summed E-state index contributed by atoms with van der Waals surface area (Å²) in [6.45, 7) is 6.46. The van der Waals surface area contributed by atoms with Crippen molar-refractivity contribution in [2.75, 3.05) is 11.5 Å². The van der Waals surface area contributed by atoms with Gasteiger partial charge in [0.05, 0.1) is 0 Å².